The van der Waals surface area contributed by atoms with E-state index in [-0.39, 0.29) is 19.4 Å². The molecule has 1 saturated heterocycles. The number of hydrogen-bond acceptors (Lipinski definition) is 3. The number of nitrogens with zero attached hydrogens (tertiary/aromatic N) is 1. The number of carboxylic acid groups (broad SMARTS) is 1. The lowest BCUT2D eigenvalue weighted by molar-refractivity contribution is -0.155. The van der Waals surface area contributed by atoms with Gasteiger partial charge in [0.1, 0.15) is 6.10 Å². The Labute approximate surface area is 126 Å². The smallest absolute Gasteiger partial charge is 0.332 e. The van der Waals surface area contributed by atoms with Crippen molar-refractivity contribution in [1.82, 2.24) is 4.90 Å². The summed E-state index contributed by atoms with van der Waals surface area (Å²) in [4.78, 5) is 24.2. The first-order valence-electron chi connectivity index (χ1n) is 6.96. The van der Waals surface area contributed by atoms with Crippen LogP contribution in [0.15, 0.2) is 30.3 Å². The van der Waals surface area contributed by atoms with E-state index in [1.807, 2.05) is 0 Å². The normalized spacial score (nSPS) is 21.0. The Kier molecular flexibility index (Phi) is 5.43. The first-order chi connectivity index (χ1) is 10.5. The monoisotopic (exact) mass is 313 g/mol. The fourth-order valence-electron chi connectivity index (χ4n) is 2.41. The first kappa shape index (κ1) is 16.4. The highest BCUT2D eigenvalue weighted by molar-refractivity contribution is 5.82. The minimum Gasteiger partial charge on any atom is -0.479 e. The van der Waals surface area contributed by atoms with Gasteiger partial charge in [0.15, 0.2) is 6.10 Å². The number of carbonyl (C=O) groups is 2. The molecule has 0 spiro atoms. The van der Waals surface area contributed by atoms with Gasteiger partial charge in [-0.15, -0.1) is 0 Å². The predicted molar refractivity (Wildman–Crippen MR) is 73.4 cm³/mol. The molecule has 1 aromatic rings. The zero-order chi connectivity index (χ0) is 16.1. The summed E-state index contributed by atoms with van der Waals surface area (Å²) >= 11 is 0. The molecule has 7 heteroatoms. The second-order valence-electron chi connectivity index (χ2n) is 5.12. The van der Waals surface area contributed by atoms with Gasteiger partial charge in [-0.3, -0.25) is 4.79 Å². The second-order valence-corrected chi connectivity index (χ2v) is 5.12. The van der Waals surface area contributed by atoms with E-state index in [0.29, 0.717) is 0 Å². The molecule has 0 bridgehead atoms. The molecule has 1 aliphatic heterocycles. The Morgan fingerprint density at radius 1 is 1.23 bits per heavy atom. The van der Waals surface area contributed by atoms with Crippen molar-refractivity contribution in [3.8, 4) is 0 Å². The molecule has 0 unspecified atom stereocenters. The summed E-state index contributed by atoms with van der Waals surface area (Å²) in [7, 11) is 0. The average molecular weight is 313 g/mol. The minimum atomic E-state index is -2.66. The van der Waals surface area contributed by atoms with Crippen LogP contribution in [0.1, 0.15) is 18.4 Å². The van der Waals surface area contributed by atoms with Gasteiger partial charge in [-0.1, -0.05) is 30.3 Å². The van der Waals surface area contributed by atoms with Crippen LogP contribution in [-0.2, 0) is 20.9 Å². The number of amides is 1. The van der Waals surface area contributed by atoms with E-state index in [2.05, 4.69) is 0 Å². The van der Waals surface area contributed by atoms with Crippen molar-refractivity contribution in [2.45, 2.75) is 38.0 Å². The molecule has 2 rings (SSSR count). The summed E-state index contributed by atoms with van der Waals surface area (Å²) in [6.45, 7) is -0.660. The van der Waals surface area contributed by atoms with Crippen molar-refractivity contribution in [2.75, 3.05) is 6.54 Å². The maximum absolute atomic E-state index is 12.7. The number of rotatable bonds is 6. The molecule has 1 aliphatic rings. The van der Waals surface area contributed by atoms with E-state index in [1.165, 1.54) is 0 Å². The molecular weight excluding hydrogens is 296 g/mol. The van der Waals surface area contributed by atoms with Crippen molar-refractivity contribution < 1.29 is 28.2 Å². The zero-order valence-corrected chi connectivity index (χ0v) is 11.8. The van der Waals surface area contributed by atoms with Crippen LogP contribution in [0.4, 0.5) is 8.78 Å². The highest BCUT2D eigenvalue weighted by atomic mass is 19.3. The molecule has 2 atom stereocenters. The summed E-state index contributed by atoms with van der Waals surface area (Å²) < 4.78 is 30.6. The number of halogens is 2. The van der Waals surface area contributed by atoms with Crippen LogP contribution in [0, 0.1) is 0 Å². The molecule has 1 heterocycles. The summed E-state index contributed by atoms with van der Waals surface area (Å²) in [5.41, 5.74) is 0.726. The van der Waals surface area contributed by atoms with Crippen LogP contribution in [0.2, 0.25) is 0 Å². The molecule has 1 amide bonds. The Hall–Kier alpha value is -2.02. The molecule has 1 fully saturated rings. The Morgan fingerprint density at radius 2 is 1.86 bits per heavy atom. The molecule has 22 heavy (non-hydrogen) atoms. The van der Waals surface area contributed by atoms with Gasteiger partial charge in [-0.25, -0.2) is 13.6 Å². The number of benzene rings is 1. The standard InChI is InChI=1S/C15H17F2NO4/c16-13(17)9-18(8-10-4-2-1-3-5-10)14(19)11-6-7-12(22-11)15(20)21/h1-5,11-13H,6-9H2,(H,20,21)/t11-,12+/m0/s1. The van der Waals surface area contributed by atoms with Crippen molar-refractivity contribution in [3.63, 3.8) is 0 Å². The second kappa shape index (κ2) is 7.31. The van der Waals surface area contributed by atoms with Crippen LogP contribution >= 0.6 is 0 Å². The zero-order valence-electron chi connectivity index (χ0n) is 11.8. The van der Waals surface area contributed by atoms with Gasteiger partial charge in [-0.05, 0) is 18.4 Å². The summed E-state index contributed by atoms with van der Waals surface area (Å²) in [6, 6.07) is 8.78. The molecule has 0 aromatic heterocycles. The van der Waals surface area contributed by atoms with Gasteiger partial charge >= 0.3 is 5.97 Å². The number of aliphatic carboxylic acids is 1. The number of carbonyl (C=O) groups excluding carboxylic acids is 1. The third kappa shape index (κ3) is 4.24. The molecule has 0 aliphatic carbocycles. The summed E-state index contributed by atoms with van der Waals surface area (Å²) in [5.74, 6) is -1.73. The number of alkyl halides is 2. The molecule has 5 nitrogen and oxygen atoms in total. The van der Waals surface area contributed by atoms with E-state index in [1.54, 1.807) is 30.3 Å². The molecule has 1 aromatic carbocycles. The van der Waals surface area contributed by atoms with Crippen molar-refractivity contribution in [3.05, 3.63) is 35.9 Å². The average Bonchev–Trinajstić information content (AvgIpc) is 2.96. The van der Waals surface area contributed by atoms with Crippen molar-refractivity contribution in [2.24, 2.45) is 0 Å². The van der Waals surface area contributed by atoms with Gasteiger partial charge < -0.3 is 14.7 Å². The maximum Gasteiger partial charge on any atom is 0.332 e. The van der Waals surface area contributed by atoms with Crippen molar-refractivity contribution in [1.29, 1.82) is 0 Å². The van der Waals surface area contributed by atoms with Gasteiger partial charge in [0, 0.05) is 6.54 Å². The van der Waals surface area contributed by atoms with E-state index in [0.717, 1.165) is 10.5 Å². The van der Waals surface area contributed by atoms with Crippen LogP contribution in [0.25, 0.3) is 0 Å². The first-order valence-corrected chi connectivity index (χ1v) is 6.96. The fraction of sp³-hybridized carbons (Fsp3) is 0.467. The van der Waals surface area contributed by atoms with Gasteiger partial charge in [0.05, 0.1) is 6.54 Å². The summed E-state index contributed by atoms with van der Waals surface area (Å²) in [6.07, 6.45) is -4.24. The Bertz CT molecular complexity index is 524. The summed E-state index contributed by atoms with van der Waals surface area (Å²) in [5, 5.41) is 8.86. The molecule has 1 N–H and O–H groups in total. The SMILES string of the molecule is O=C(O)[C@H]1CC[C@@H](C(=O)N(Cc2ccccc2)CC(F)F)O1. The lowest BCUT2D eigenvalue weighted by Crippen LogP contribution is -2.41. The molecule has 0 radical (unpaired) electrons. The topological polar surface area (TPSA) is 66.8 Å². The largest absolute Gasteiger partial charge is 0.479 e. The third-order valence-corrected chi connectivity index (χ3v) is 3.46. The van der Waals surface area contributed by atoms with Crippen LogP contribution in [-0.4, -0.2) is 47.1 Å². The van der Waals surface area contributed by atoms with Crippen LogP contribution in [0.3, 0.4) is 0 Å². The third-order valence-electron chi connectivity index (χ3n) is 3.46. The van der Waals surface area contributed by atoms with Crippen LogP contribution < -0.4 is 0 Å². The Morgan fingerprint density at radius 3 is 2.41 bits per heavy atom. The van der Waals surface area contributed by atoms with Gasteiger partial charge in [0.25, 0.3) is 12.3 Å². The molecule has 120 valence electrons. The van der Waals surface area contributed by atoms with Gasteiger partial charge in [-0.2, -0.15) is 0 Å². The fourth-order valence-corrected chi connectivity index (χ4v) is 2.41. The maximum atomic E-state index is 12.7. The van der Waals surface area contributed by atoms with Gasteiger partial charge in [0.2, 0.25) is 0 Å². The lowest BCUT2D eigenvalue weighted by Gasteiger charge is -2.25. The number of hydrogen-bond donors (Lipinski definition) is 1. The molecule has 0 saturated carbocycles. The highest BCUT2D eigenvalue weighted by Crippen LogP contribution is 2.22. The minimum absolute atomic E-state index is 0.0433. The van der Waals surface area contributed by atoms with E-state index in [9.17, 15) is 18.4 Å². The lowest BCUT2D eigenvalue weighted by atomic mass is 10.1. The predicted octanol–water partition coefficient (Wildman–Crippen LogP) is 1.91. The van der Waals surface area contributed by atoms with E-state index >= 15 is 0 Å². The van der Waals surface area contributed by atoms with Crippen LogP contribution in [0.5, 0.6) is 0 Å². The number of carboxylic acids is 1. The quantitative estimate of drug-likeness (QED) is 0.871. The van der Waals surface area contributed by atoms with Crippen molar-refractivity contribution >= 4 is 11.9 Å². The van der Waals surface area contributed by atoms with E-state index < -0.39 is 37.1 Å². The number of ether oxygens (including phenoxy) is 1. The van der Waals surface area contributed by atoms with E-state index in [4.69, 9.17) is 9.84 Å². The molecular formula is C15H17F2NO4. The highest BCUT2D eigenvalue weighted by Gasteiger charge is 2.37. The Balaban J connectivity index is 2.05.